The number of rotatable bonds is 3. The first kappa shape index (κ1) is 11.2. The van der Waals surface area contributed by atoms with Crippen molar-refractivity contribution < 1.29 is 0 Å². The van der Waals surface area contributed by atoms with Crippen LogP contribution in [0.3, 0.4) is 0 Å². The minimum Gasteiger partial charge on any atom is -0.301 e. The first-order valence-corrected chi connectivity index (χ1v) is 5.98. The molecule has 84 valence electrons. The van der Waals surface area contributed by atoms with Gasteiger partial charge in [0.05, 0.1) is 6.04 Å². The highest BCUT2D eigenvalue weighted by atomic mass is 15.0. The lowest BCUT2D eigenvalue weighted by Crippen LogP contribution is -2.43. The number of hydrogen-bond acceptors (Lipinski definition) is 1. The molecule has 1 atom stereocenters. The summed E-state index contributed by atoms with van der Waals surface area (Å²) >= 11 is 0. The van der Waals surface area contributed by atoms with Gasteiger partial charge in [-0.1, -0.05) is 35.7 Å². The van der Waals surface area contributed by atoms with E-state index in [0.717, 1.165) is 5.92 Å². The van der Waals surface area contributed by atoms with Gasteiger partial charge < -0.3 is 5.32 Å². The van der Waals surface area contributed by atoms with E-state index in [0.29, 0.717) is 6.04 Å². The molecule has 1 saturated carbocycles. The lowest BCUT2D eigenvalue weighted by Gasteiger charge is -2.37. The van der Waals surface area contributed by atoms with Gasteiger partial charge in [-0.2, -0.15) is 0 Å². The third kappa shape index (κ3) is 2.46. The first-order chi connectivity index (χ1) is 7.69. The molecular formula is C15H19N. The Morgan fingerprint density at radius 3 is 2.50 bits per heavy atom. The molecule has 1 nitrogen and oxygen atoms in total. The maximum atomic E-state index is 5.35. The zero-order valence-corrected chi connectivity index (χ0v) is 10.0. The summed E-state index contributed by atoms with van der Waals surface area (Å²) in [5.74, 6) is 3.44. The van der Waals surface area contributed by atoms with Crippen molar-refractivity contribution in [2.24, 2.45) is 0 Å². The SMILES string of the molecule is C#CC(C)NC1CC(c2ccc(C)cc2)C1. The van der Waals surface area contributed by atoms with Gasteiger partial charge in [-0.3, -0.25) is 0 Å². The highest BCUT2D eigenvalue weighted by molar-refractivity contribution is 5.26. The van der Waals surface area contributed by atoms with Gasteiger partial charge in [0.15, 0.2) is 0 Å². The van der Waals surface area contributed by atoms with Crippen molar-refractivity contribution in [3.63, 3.8) is 0 Å². The van der Waals surface area contributed by atoms with Gasteiger partial charge in [0, 0.05) is 6.04 Å². The average Bonchev–Trinajstić information content (AvgIpc) is 2.24. The second-order valence-corrected chi connectivity index (χ2v) is 4.83. The Kier molecular flexibility index (Phi) is 3.31. The number of benzene rings is 1. The van der Waals surface area contributed by atoms with Crippen LogP contribution in [0.1, 0.15) is 36.8 Å². The van der Waals surface area contributed by atoms with Gasteiger partial charge in [0.25, 0.3) is 0 Å². The average molecular weight is 213 g/mol. The van der Waals surface area contributed by atoms with Crippen LogP contribution in [0.4, 0.5) is 0 Å². The summed E-state index contributed by atoms with van der Waals surface area (Å²) < 4.78 is 0. The van der Waals surface area contributed by atoms with E-state index in [1.807, 2.05) is 6.92 Å². The van der Waals surface area contributed by atoms with Crippen LogP contribution in [0.15, 0.2) is 24.3 Å². The van der Waals surface area contributed by atoms with Crippen molar-refractivity contribution in [1.29, 1.82) is 0 Å². The third-order valence-electron chi connectivity index (χ3n) is 3.42. The summed E-state index contributed by atoms with van der Waals surface area (Å²) in [6.07, 6.45) is 7.78. The van der Waals surface area contributed by atoms with Crippen molar-refractivity contribution in [2.75, 3.05) is 0 Å². The summed E-state index contributed by atoms with van der Waals surface area (Å²) in [5, 5.41) is 3.44. The Bertz CT molecular complexity index is 379. The van der Waals surface area contributed by atoms with E-state index in [4.69, 9.17) is 6.42 Å². The van der Waals surface area contributed by atoms with Crippen molar-refractivity contribution in [1.82, 2.24) is 5.32 Å². The lowest BCUT2D eigenvalue weighted by atomic mass is 9.75. The Morgan fingerprint density at radius 1 is 1.31 bits per heavy atom. The Labute approximate surface area is 98.3 Å². The highest BCUT2D eigenvalue weighted by Crippen LogP contribution is 2.36. The zero-order chi connectivity index (χ0) is 11.5. The van der Waals surface area contributed by atoms with E-state index in [1.165, 1.54) is 24.0 Å². The van der Waals surface area contributed by atoms with Crippen LogP contribution in [-0.4, -0.2) is 12.1 Å². The monoisotopic (exact) mass is 213 g/mol. The molecule has 0 amide bonds. The number of aryl methyl sites for hydroxylation is 1. The summed E-state index contributed by atoms with van der Waals surface area (Å²) in [5.41, 5.74) is 2.80. The lowest BCUT2D eigenvalue weighted by molar-refractivity contribution is 0.284. The molecular weight excluding hydrogens is 194 g/mol. The molecule has 1 aromatic rings. The molecule has 1 fully saturated rings. The fraction of sp³-hybridized carbons (Fsp3) is 0.467. The van der Waals surface area contributed by atoms with Gasteiger partial charge in [-0.15, -0.1) is 6.42 Å². The maximum Gasteiger partial charge on any atom is 0.0660 e. The normalized spacial score (nSPS) is 25.6. The minimum absolute atomic E-state index is 0.198. The van der Waals surface area contributed by atoms with E-state index in [1.54, 1.807) is 0 Å². The topological polar surface area (TPSA) is 12.0 Å². The predicted octanol–water partition coefficient (Wildman–Crippen LogP) is 2.85. The molecule has 0 saturated heterocycles. The molecule has 0 spiro atoms. The fourth-order valence-corrected chi connectivity index (χ4v) is 2.27. The zero-order valence-electron chi connectivity index (χ0n) is 10.0. The molecule has 0 bridgehead atoms. The predicted molar refractivity (Wildman–Crippen MR) is 68.4 cm³/mol. The molecule has 1 aromatic carbocycles. The molecule has 0 heterocycles. The summed E-state index contributed by atoms with van der Waals surface area (Å²) in [7, 11) is 0. The summed E-state index contributed by atoms with van der Waals surface area (Å²) in [6.45, 7) is 4.17. The molecule has 2 rings (SSSR count). The standard InChI is InChI=1S/C15H19N/c1-4-12(3)16-15-9-14(10-15)13-7-5-11(2)6-8-13/h1,5-8,12,14-16H,9-10H2,2-3H3. The van der Waals surface area contributed by atoms with E-state index in [2.05, 4.69) is 42.4 Å². The third-order valence-corrected chi connectivity index (χ3v) is 3.42. The van der Waals surface area contributed by atoms with Crippen LogP contribution in [0.2, 0.25) is 0 Å². The molecule has 0 radical (unpaired) electrons. The van der Waals surface area contributed by atoms with Gasteiger partial charge in [-0.25, -0.2) is 0 Å². The van der Waals surface area contributed by atoms with Gasteiger partial charge in [0.2, 0.25) is 0 Å². The van der Waals surface area contributed by atoms with E-state index in [-0.39, 0.29) is 6.04 Å². The van der Waals surface area contributed by atoms with E-state index < -0.39 is 0 Å². The fourth-order valence-electron chi connectivity index (χ4n) is 2.27. The van der Waals surface area contributed by atoms with Crippen LogP contribution in [0, 0.1) is 19.3 Å². The molecule has 1 aliphatic rings. The van der Waals surface area contributed by atoms with E-state index in [9.17, 15) is 0 Å². The Hall–Kier alpha value is -1.26. The van der Waals surface area contributed by atoms with Crippen molar-refractivity contribution in [2.45, 2.75) is 44.7 Å². The quantitative estimate of drug-likeness (QED) is 0.761. The molecule has 0 aliphatic heterocycles. The van der Waals surface area contributed by atoms with Crippen LogP contribution in [0.5, 0.6) is 0 Å². The van der Waals surface area contributed by atoms with Crippen LogP contribution < -0.4 is 5.32 Å². The van der Waals surface area contributed by atoms with Crippen LogP contribution in [-0.2, 0) is 0 Å². The van der Waals surface area contributed by atoms with Crippen LogP contribution >= 0.6 is 0 Å². The smallest absolute Gasteiger partial charge is 0.0660 e. The second kappa shape index (κ2) is 4.72. The summed E-state index contributed by atoms with van der Waals surface area (Å²) in [4.78, 5) is 0. The molecule has 0 aromatic heterocycles. The van der Waals surface area contributed by atoms with Gasteiger partial charge in [0.1, 0.15) is 0 Å². The van der Waals surface area contributed by atoms with E-state index >= 15 is 0 Å². The van der Waals surface area contributed by atoms with Gasteiger partial charge >= 0.3 is 0 Å². The molecule has 1 aliphatic carbocycles. The highest BCUT2D eigenvalue weighted by Gasteiger charge is 2.30. The maximum absolute atomic E-state index is 5.35. The Balaban J connectivity index is 1.84. The number of terminal acetylenes is 1. The van der Waals surface area contributed by atoms with Crippen molar-refractivity contribution >= 4 is 0 Å². The Morgan fingerprint density at radius 2 is 1.94 bits per heavy atom. The molecule has 1 unspecified atom stereocenters. The second-order valence-electron chi connectivity index (χ2n) is 4.83. The first-order valence-electron chi connectivity index (χ1n) is 5.98. The largest absolute Gasteiger partial charge is 0.301 e. The molecule has 16 heavy (non-hydrogen) atoms. The minimum atomic E-state index is 0.198. The van der Waals surface area contributed by atoms with Crippen molar-refractivity contribution in [3.05, 3.63) is 35.4 Å². The summed E-state index contributed by atoms with van der Waals surface area (Å²) in [6, 6.07) is 9.70. The van der Waals surface area contributed by atoms with Crippen molar-refractivity contribution in [3.8, 4) is 12.3 Å². The molecule has 1 heteroatoms. The number of nitrogens with one attached hydrogen (secondary N) is 1. The molecule has 1 N–H and O–H groups in total. The van der Waals surface area contributed by atoms with Crippen LogP contribution in [0.25, 0.3) is 0 Å². The number of hydrogen-bond donors (Lipinski definition) is 1. The van der Waals surface area contributed by atoms with Gasteiger partial charge in [-0.05, 0) is 38.2 Å².